The molecule has 0 saturated carbocycles. The summed E-state index contributed by atoms with van der Waals surface area (Å²) in [6.45, 7) is 7.13. The highest BCUT2D eigenvalue weighted by Crippen LogP contribution is 2.29. The van der Waals surface area contributed by atoms with Gasteiger partial charge in [0.05, 0.1) is 0 Å². The second-order valence-corrected chi connectivity index (χ2v) is 5.20. The third kappa shape index (κ3) is 4.19. The SMILES string of the molecule is CNCCC(=O)Nc1ccccc1C(C)(C)C. The Hall–Kier alpha value is -1.35. The predicted molar refractivity (Wildman–Crippen MR) is 72.3 cm³/mol. The van der Waals surface area contributed by atoms with Gasteiger partial charge in [-0.25, -0.2) is 0 Å². The van der Waals surface area contributed by atoms with Crippen molar-refractivity contribution in [3.05, 3.63) is 29.8 Å². The molecule has 0 aliphatic heterocycles. The summed E-state index contributed by atoms with van der Waals surface area (Å²) in [6, 6.07) is 7.97. The van der Waals surface area contributed by atoms with Crippen LogP contribution in [0.1, 0.15) is 32.8 Å². The van der Waals surface area contributed by atoms with Crippen LogP contribution in [0.5, 0.6) is 0 Å². The first kappa shape index (κ1) is 13.7. The molecule has 1 aromatic rings. The van der Waals surface area contributed by atoms with E-state index in [1.165, 1.54) is 0 Å². The van der Waals surface area contributed by atoms with Crippen molar-refractivity contribution in [2.24, 2.45) is 0 Å². The van der Waals surface area contributed by atoms with Crippen LogP contribution in [0.15, 0.2) is 24.3 Å². The van der Waals surface area contributed by atoms with Crippen LogP contribution in [0.3, 0.4) is 0 Å². The number of amides is 1. The summed E-state index contributed by atoms with van der Waals surface area (Å²) in [6.07, 6.45) is 0.495. The second kappa shape index (κ2) is 5.82. The second-order valence-electron chi connectivity index (χ2n) is 5.20. The average molecular weight is 234 g/mol. The summed E-state index contributed by atoms with van der Waals surface area (Å²) in [4.78, 5) is 11.7. The third-order valence-electron chi connectivity index (χ3n) is 2.61. The van der Waals surface area contributed by atoms with Gasteiger partial charge in [-0.2, -0.15) is 0 Å². The molecule has 94 valence electrons. The molecule has 0 heterocycles. The Labute approximate surface area is 104 Å². The van der Waals surface area contributed by atoms with Crippen LogP contribution in [0.2, 0.25) is 0 Å². The predicted octanol–water partition coefficient (Wildman–Crippen LogP) is 2.53. The fraction of sp³-hybridized carbons (Fsp3) is 0.500. The topological polar surface area (TPSA) is 41.1 Å². The zero-order chi connectivity index (χ0) is 12.9. The maximum absolute atomic E-state index is 11.7. The smallest absolute Gasteiger partial charge is 0.225 e. The normalized spacial score (nSPS) is 11.3. The number of carbonyl (C=O) groups is 1. The minimum Gasteiger partial charge on any atom is -0.326 e. The van der Waals surface area contributed by atoms with E-state index in [-0.39, 0.29) is 11.3 Å². The summed E-state index contributed by atoms with van der Waals surface area (Å²) in [5.74, 6) is 0.0519. The lowest BCUT2D eigenvalue weighted by Gasteiger charge is -2.23. The Balaban J connectivity index is 2.81. The van der Waals surface area contributed by atoms with Crippen molar-refractivity contribution < 1.29 is 4.79 Å². The van der Waals surface area contributed by atoms with Gasteiger partial charge in [-0.3, -0.25) is 4.79 Å². The molecule has 0 saturated heterocycles. The van der Waals surface area contributed by atoms with Crippen molar-refractivity contribution >= 4 is 11.6 Å². The summed E-state index contributed by atoms with van der Waals surface area (Å²) >= 11 is 0. The Bertz CT molecular complexity index is 380. The zero-order valence-electron chi connectivity index (χ0n) is 11.1. The van der Waals surface area contributed by atoms with Gasteiger partial charge in [0.2, 0.25) is 5.91 Å². The van der Waals surface area contributed by atoms with Gasteiger partial charge < -0.3 is 10.6 Å². The lowest BCUT2D eigenvalue weighted by molar-refractivity contribution is -0.116. The summed E-state index contributed by atoms with van der Waals surface area (Å²) in [7, 11) is 1.84. The van der Waals surface area contributed by atoms with Crippen molar-refractivity contribution in [2.45, 2.75) is 32.6 Å². The van der Waals surface area contributed by atoms with E-state index < -0.39 is 0 Å². The van der Waals surface area contributed by atoms with E-state index >= 15 is 0 Å². The summed E-state index contributed by atoms with van der Waals surface area (Å²) in [5, 5.41) is 5.94. The Kier molecular flexibility index (Phi) is 4.70. The van der Waals surface area contributed by atoms with E-state index in [0.29, 0.717) is 13.0 Å². The number of carbonyl (C=O) groups excluding carboxylic acids is 1. The third-order valence-corrected chi connectivity index (χ3v) is 2.61. The molecule has 0 unspecified atom stereocenters. The van der Waals surface area contributed by atoms with E-state index in [4.69, 9.17) is 0 Å². The van der Waals surface area contributed by atoms with Crippen LogP contribution in [0.4, 0.5) is 5.69 Å². The van der Waals surface area contributed by atoms with Gasteiger partial charge in [0.25, 0.3) is 0 Å². The molecule has 3 nitrogen and oxygen atoms in total. The Morgan fingerprint density at radius 1 is 1.24 bits per heavy atom. The fourth-order valence-corrected chi connectivity index (χ4v) is 1.70. The van der Waals surface area contributed by atoms with Crippen molar-refractivity contribution in [3.8, 4) is 0 Å². The molecule has 0 aliphatic rings. The van der Waals surface area contributed by atoms with Gasteiger partial charge in [-0.1, -0.05) is 39.0 Å². The van der Waals surface area contributed by atoms with E-state index in [1.54, 1.807) is 0 Å². The standard InChI is InChI=1S/C14H22N2O/c1-14(2,3)11-7-5-6-8-12(11)16-13(17)9-10-15-4/h5-8,15H,9-10H2,1-4H3,(H,16,17). The maximum Gasteiger partial charge on any atom is 0.225 e. The first-order chi connectivity index (χ1) is 7.95. The fourth-order valence-electron chi connectivity index (χ4n) is 1.70. The largest absolute Gasteiger partial charge is 0.326 e. The molecule has 0 fully saturated rings. The molecule has 0 atom stereocenters. The molecule has 0 aromatic heterocycles. The number of anilines is 1. The molecule has 0 bridgehead atoms. The highest BCUT2D eigenvalue weighted by atomic mass is 16.1. The van der Waals surface area contributed by atoms with E-state index in [1.807, 2.05) is 25.2 Å². The molecule has 0 spiro atoms. The van der Waals surface area contributed by atoms with Gasteiger partial charge in [0.1, 0.15) is 0 Å². The van der Waals surface area contributed by atoms with Gasteiger partial charge in [0, 0.05) is 18.7 Å². The molecular weight excluding hydrogens is 212 g/mol. The maximum atomic E-state index is 11.7. The van der Waals surface area contributed by atoms with E-state index in [2.05, 4.69) is 37.5 Å². The molecule has 3 heteroatoms. The quantitative estimate of drug-likeness (QED) is 0.840. The van der Waals surface area contributed by atoms with E-state index in [0.717, 1.165) is 11.3 Å². The Morgan fingerprint density at radius 3 is 2.47 bits per heavy atom. The number of hydrogen-bond acceptors (Lipinski definition) is 2. The van der Waals surface area contributed by atoms with Gasteiger partial charge >= 0.3 is 0 Å². The zero-order valence-corrected chi connectivity index (χ0v) is 11.1. The molecular formula is C14H22N2O. The molecule has 1 amide bonds. The number of rotatable bonds is 4. The van der Waals surface area contributed by atoms with Crippen LogP contribution in [-0.4, -0.2) is 19.5 Å². The van der Waals surface area contributed by atoms with Crippen molar-refractivity contribution in [1.82, 2.24) is 5.32 Å². The van der Waals surface area contributed by atoms with Crippen molar-refractivity contribution in [2.75, 3.05) is 18.9 Å². The number of hydrogen-bond donors (Lipinski definition) is 2. The summed E-state index contributed by atoms with van der Waals surface area (Å²) in [5.41, 5.74) is 2.12. The van der Waals surface area contributed by atoms with Crippen molar-refractivity contribution in [1.29, 1.82) is 0 Å². The number of nitrogens with one attached hydrogen (secondary N) is 2. The van der Waals surface area contributed by atoms with E-state index in [9.17, 15) is 4.79 Å². The minimum atomic E-state index is 0.0346. The highest BCUT2D eigenvalue weighted by Gasteiger charge is 2.18. The lowest BCUT2D eigenvalue weighted by atomic mass is 9.86. The minimum absolute atomic E-state index is 0.0346. The molecule has 2 N–H and O–H groups in total. The first-order valence-electron chi connectivity index (χ1n) is 5.99. The monoisotopic (exact) mass is 234 g/mol. The van der Waals surface area contributed by atoms with Gasteiger partial charge in [-0.15, -0.1) is 0 Å². The van der Waals surface area contributed by atoms with Crippen LogP contribution in [0.25, 0.3) is 0 Å². The highest BCUT2D eigenvalue weighted by molar-refractivity contribution is 5.91. The van der Waals surface area contributed by atoms with Crippen LogP contribution in [-0.2, 0) is 10.2 Å². The molecule has 17 heavy (non-hydrogen) atoms. The first-order valence-corrected chi connectivity index (χ1v) is 5.99. The number of benzene rings is 1. The van der Waals surface area contributed by atoms with Crippen molar-refractivity contribution in [3.63, 3.8) is 0 Å². The average Bonchev–Trinajstić information content (AvgIpc) is 2.25. The molecule has 1 aromatic carbocycles. The van der Waals surface area contributed by atoms with Crippen LogP contribution < -0.4 is 10.6 Å². The number of para-hydroxylation sites is 1. The Morgan fingerprint density at radius 2 is 1.88 bits per heavy atom. The molecule has 0 aliphatic carbocycles. The lowest BCUT2D eigenvalue weighted by Crippen LogP contribution is -2.21. The molecule has 0 radical (unpaired) electrons. The van der Waals surface area contributed by atoms with Gasteiger partial charge in [-0.05, 0) is 24.1 Å². The van der Waals surface area contributed by atoms with Crippen LogP contribution in [0, 0.1) is 0 Å². The molecule has 1 rings (SSSR count). The van der Waals surface area contributed by atoms with Crippen LogP contribution >= 0.6 is 0 Å². The summed E-state index contributed by atoms with van der Waals surface area (Å²) < 4.78 is 0. The van der Waals surface area contributed by atoms with Gasteiger partial charge in [0.15, 0.2) is 0 Å².